The van der Waals surface area contributed by atoms with Crippen LogP contribution in [0, 0.1) is 0 Å². The monoisotopic (exact) mass is 258 g/mol. The molecule has 0 atom stereocenters. The molecule has 0 radical (unpaired) electrons. The van der Waals surface area contributed by atoms with Gasteiger partial charge in [-0.2, -0.15) is 0 Å². The van der Waals surface area contributed by atoms with Crippen molar-refractivity contribution in [3.05, 3.63) is 24.2 Å². The lowest BCUT2D eigenvalue weighted by Crippen LogP contribution is -2.42. The summed E-state index contributed by atoms with van der Waals surface area (Å²) < 4.78 is 30.9. The second kappa shape index (κ2) is 5.20. The molecule has 0 aromatic carbocycles. The topological polar surface area (TPSA) is 62.6 Å². The van der Waals surface area contributed by atoms with E-state index in [-0.39, 0.29) is 5.25 Å². The number of piperidine rings is 1. The Morgan fingerprint density at radius 3 is 2.76 bits per heavy atom. The van der Waals surface area contributed by atoms with Gasteiger partial charge in [-0.3, -0.25) is 0 Å². The number of furan rings is 1. The van der Waals surface area contributed by atoms with Crippen LogP contribution in [0.2, 0.25) is 0 Å². The minimum Gasteiger partial charge on any atom is -0.472 e. The standard InChI is InChI=1S/C11H18N2O3S/c1-13(8-10-4-7-16-9-10)17(14,15)11-2-5-12-6-3-11/h4,7,9,11-12H,2-3,5-6,8H2,1H3. The Labute approximate surface area is 102 Å². The van der Waals surface area contributed by atoms with Gasteiger partial charge in [0.25, 0.3) is 0 Å². The average molecular weight is 258 g/mol. The summed E-state index contributed by atoms with van der Waals surface area (Å²) in [5.41, 5.74) is 0.880. The van der Waals surface area contributed by atoms with E-state index in [1.165, 1.54) is 4.31 Å². The molecule has 1 aromatic heterocycles. The van der Waals surface area contributed by atoms with E-state index in [2.05, 4.69) is 5.32 Å². The first-order valence-electron chi connectivity index (χ1n) is 5.77. The maximum Gasteiger partial charge on any atom is 0.217 e. The second-order valence-electron chi connectivity index (χ2n) is 4.38. The molecule has 1 fully saturated rings. The van der Waals surface area contributed by atoms with Gasteiger partial charge >= 0.3 is 0 Å². The number of nitrogens with zero attached hydrogens (tertiary/aromatic N) is 1. The van der Waals surface area contributed by atoms with E-state index in [1.54, 1.807) is 25.6 Å². The van der Waals surface area contributed by atoms with Gasteiger partial charge in [0.05, 0.1) is 17.8 Å². The van der Waals surface area contributed by atoms with E-state index >= 15 is 0 Å². The van der Waals surface area contributed by atoms with Gasteiger partial charge in [-0.05, 0) is 32.0 Å². The third-order valence-electron chi connectivity index (χ3n) is 3.13. The van der Waals surface area contributed by atoms with E-state index in [9.17, 15) is 8.42 Å². The molecule has 96 valence electrons. The van der Waals surface area contributed by atoms with Crippen LogP contribution in [0.15, 0.2) is 23.0 Å². The molecule has 0 aliphatic carbocycles. The molecular weight excluding hydrogens is 240 g/mol. The molecule has 0 amide bonds. The molecule has 1 aromatic rings. The zero-order valence-electron chi connectivity index (χ0n) is 9.93. The zero-order valence-corrected chi connectivity index (χ0v) is 10.7. The minimum absolute atomic E-state index is 0.249. The predicted molar refractivity (Wildman–Crippen MR) is 65.0 cm³/mol. The third kappa shape index (κ3) is 2.88. The fourth-order valence-corrected chi connectivity index (χ4v) is 3.75. The Balaban J connectivity index is 2.03. The molecule has 0 unspecified atom stereocenters. The third-order valence-corrected chi connectivity index (χ3v) is 5.44. The zero-order chi connectivity index (χ0) is 12.3. The lowest BCUT2D eigenvalue weighted by Gasteiger charge is -2.27. The molecule has 1 saturated heterocycles. The highest BCUT2D eigenvalue weighted by Gasteiger charge is 2.30. The van der Waals surface area contributed by atoms with Crippen molar-refractivity contribution in [2.45, 2.75) is 24.6 Å². The number of hydrogen-bond acceptors (Lipinski definition) is 4. The number of sulfonamides is 1. The highest BCUT2D eigenvalue weighted by Crippen LogP contribution is 2.18. The fraction of sp³-hybridized carbons (Fsp3) is 0.636. The van der Waals surface area contributed by atoms with E-state index in [0.717, 1.165) is 18.7 Å². The number of rotatable bonds is 4. The first-order chi connectivity index (χ1) is 8.10. The summed E-state index contributed by atoms with van der Waals surface area (Å²) in [6.07, 6.45) is 4.52. The normalized spacial score (nSPS) is 18.7. The van der Waals surface area contributed by atoms with Crippen LogP contribution in [0.25, 0.3) is 0 Å². The molecule has 6 heteroatoms. The van der Waals surface area contributed by atoms with Crippen LogP contribution >= 0.6 is 0 Å². The molecule has 17 heavy (non-hydrogen) atoms. The molecule has 1 N–H and O–H groups in total. The predicted octanol–water partition coefficient (Wildman–Crippen LogP) is 0.793. The summed E-state index contributed by atoms with van der Waals surface area (Å²) in [5, 5.41) is 2.92. The number of hydrogen-bond donors (Lipinski definition) is 1. The average Bonchev–Trinajstić information content (AvgIpc) is 2.83. The summed E-state index contributed by atoms with van der Waals surface area (Å²) >= 11 is 0. The lowest BCUT2D eigenvalue weighted by molar-refractivity contribution is 0.427. The summed E-state index contributed by atoms with van der Waals surface area (Å²) in [6, 6.07) is 1.79. The Morgan fingerprint density at radius 2 is 2.18 bits per heavy atom. The Hall–Kier alpha value is -0.850. The van der Waals surface area contributed by atoms with Crippen molar-refractivity contribution >= 4 is 10.0 Å². The molecule has 1 aliphatic heterocycles. The van der Waals surface area contributed by atoms with Crippen molar-refractivity contribution in [2.24, 2.45) is 0 Å². The largest absolute Gasteiger partial charge is 0.472 e. The summed E-state index contributed by atoms with van der Waals surface area (Å²) in [4.78, 5) is 0. The van der Waals surface area contributed by atoms with Crippen molar-refractivity contribution in [3.63, 3.8) is 0 Å². The van der Waals surface area contributed by atoms with Gasteiger partial charge < -0.3 is 9.73 Å². The molecule has 0 bridgehead atoms. The van der Waals surface area contributed by atoms with Crippen molar-refractivity contribution in [1.29, 1.82) is 0 Å². The van der Waals surface area contributed by atoms with Crippen LogP contribution in [0.1, 0.15) is 18.4 Å². The maximum absolute atomic E-state index is 12.3. The number of nitrogens with one attached hydrogen (secondary N) is 1. The van der Waals surface area contributed by atoms with Crippen molar-refractivity contribution in [1.82, 2.24) is 9.62 Å². The van der Waals surface area contributed by atoms with E-state index in [1.807, 2.05) is 0 Å². The lowest BCUT2D eigenvalue weighted by atomic mass is 10.2. The van der Waals surface area contributed by atoms with Crippen molar-refractivity contribution in [3.8, 4) is 0 Å². The molecule has 1 aliphatic rings. The van der Waals surface area contributed by atoms with Gasteiger partial charge in [0.2, 0.25) is 10.0 Å². The van der Waals surface area contributed by atoms with Crippen LogP contribution in [0.3, 0.4) is 0 Å². The molecule has 2 rings (SSSR count). The first kappa shape index (κ1) is 12.6. The molecule has 0 saturated carbocycles. The smallest absolute Gasteiger partial charge is 0.217 e. The molecule has 5 nitrogen and oxygen atoms in total. The Morgan fingerprint density at radius 1 is 1.47 bits per heavy atom. The van der Waals surface area contributed by atoms with Gasteiger partial charge in [0.15, 0.2) is 0 Å². The SMILES string of the molecule is CN(Cc1ccoc1)S(=O)(=O)C1CCNCC1. The minimum atomic E-state index is -3.19. The summed E-state index contributed by atoms with van der Waals surface area (Å²) in [6.45, 7) is 1.94. The highest BCUT2D eigenvalue weighted by molar-refractivity contribution is 7.89. The summed E-state index contributed by atoms with van der Waals surface area (Å²) in [7, 11) is -1.56. The Kier molecular flexibility index (Phi) is 3.86. The quantitative estimate of drug-likeness (QED) is 0.867. The fourth-order valence-electron chi connectivity index (χ4n) is 2.08. The van der Waals surface area contributed by atoms with Gasteiger partial charge in [0, 0.05) is 19.2 Å². The molecule has 0 spiro atoms. The second-order valence-corrected chi connectivity index (χ2v) is 6.70. The van der Waals surface area contributed by atoms with Crippen molar-refractivity contribution < 1.29 is 12.8 Å². The Bertz CT molecular complexity index is 435. The van der Waals surface area contributed by atoms with Gasteiger partial charge in [0.1, 0.15) is 0 Å². The van der Waals surface area contributed by atoms with Gasteiger partial charge in [-0.25, -0.2) is 12.7 Å². The van der Waals surface area contributed by atoms with Crippen molar-refractivity contribution in [2.75, 3.05) is 20.1 Å². The maximum atomic E-state index is 12.3. The summed E-state index contributed by atoms with van der Waals surface area (Å²) in [5.74, 6) is 0. The van der Waals surface area contributed by atoms with Crippen LogP contribution in [-0.4, -0.2) is 38.1 Å². The van der Waals surface area contributed by atoms with E-state index in [4.69, 9.17) is 4.42 Å². The van der Waals surface area contributed by atoms with Crippen LogP contribution in [0.4, 0.5) is 0 Å². The molecular formula is C11H18N2O3S. The van der Waals surface area contributed by atoms with E-state index in [0.29, 0.717) is 19.4 Å². The van der Waals surface area contributed by atoms with Gasteiger partial charge in [-0.1, -0.05) is 0 Å². The van der Waals surface area contributed by atoms with Crippen LogP contribution in [0.5, 0.6) is 0 Å². The first-order valence-corrected chi connectivity index (χ1v) is 7.28. The van der Waals surface area contributed by atoms with Crippen LogP contribution < -0.4 is 5.32 Å². The van der Waals surface area contributed by atoms with Gasteiger partial charge in [-0.15, -0.1) is 0 Å². The van der Waals surface area contributed by atoms with Crippen LogP contribution in [-0.2, 0) is 16.6 Å². The van der Waals surface area contributed by atoms with E-state index < -0.39 is 10.0 Å². The highest BCUT2D eigenvalue weighted by atomic mass is 32.2. The molecule has 2 heterocycles.